The number of aryl methyl sites for hydroxylation is 1. The number of carbonyl (C=O) groups is 1. The molecule has 2 rings (SSSR count). The Hall–Kier alpha value is -2.09. The Morgan fingerprint density at radius 2 is 1.63 bits per heavy atom. The van der Waals surface area contributed by atoms with Gasteiger partial charge in [0.2, 0.25) is 0 Å². The molecule has 0 aliphatic carbocycles. The SMILES string of the molecule is CCNC(=NCCc1ccc(CC)cc1)NCCc1cccc(C(=O)N(C)C)c1.I. The zero-order valence-corrected chi connectivity index (χ0v) is 20.9. The molecule has 0 saturated carbocycles. The number of benzene rings is 2. The Labute approximate surface area is 198 Å². The highest BCUT2D eigenvalue weighted by Crippen LogP contribution is 2.08. The van der Waals surface area contributed by atoms with Crippen LogP contribution in [0, 0.1) is 0 Å². The zero-order chi connectivity index (χ0) is 21.1. The minimum absolute atomic E-state index is 0. The predicted molar refractivity (Wildman–Crippen MR) is 137 cm³/mol. The molecule has 0 radical (unpaired) electrons. The predicted octanol–water partition coefficient (Wildman–Crippen LogP) is 3.91. The highest BCUT2D eigenvalue weighted by atomic mass is 127. The second kappa shape index (κ2) is 14.0. The molecule has 0 aliphatic rings. The number of halogens is 1. The van der Waals surface area contributed by atoms with Crippen LogP contribution >= 0.6 is 24.0 Å². The van der Waals surface area contributed by atoms with E-state index >= 15 is 0 Å². The van der Waals surface area contributed by atoms with Crippen molar-refractivity contribution >= 4 is 35.8 Å². The van der Waals surface area contributed by atoms with Crippen molar-refractivity contribution in [3.63, 3.8) is 0 Å². The fraction of sp³-hybridized carbons (Fsp3) is 0.417. The summed E-state index contributed by atoms with van der Waals surface area (Å²) in [6.07, 6.45) is 2.83. The normalized spacial score (nSPS) is 10.9. The summed E-state index contributed by atoms with van der Waals surface area (Å²) in [7, 11) is 3.54. The first kappa shape index (κ1) is 25.9. The molecule has 0 saturated heterocycles. The lowest BCUT2D eigenvalue weighted by Gasteiger charge is -2.13. The molecule has 164 valence electrons. The number of carbonyl (C=O) groups excluding carboxylic acids is 1. The van der Waals surface area contributed by atoms with E-state index in [9.17, 15) is 4.79 Å². The van der Waals surface area contributed by atoms with Crippen LogP contribution in [0.15, 0.2) is 53.5 Å². The fourth-order valence-corrected chi connectivity index (χ4v) is 3.02. The van der Waals surface area contributed by atoms with E-state index in [-0.39, 0.29) is 29.9 Å². The number of nitrogens with zero attached hydrogens (tertiary/aromatic N) is 2. The number of rotatable bonds is 9. The second-order valence-electron chi connectivity index (χ2n) is 7.26. The summed E-state index contributed by atoms with van der Waals surface area (Å²) in [5.41, 5.74) is 4.53. The minimum atomic E-state index is 0. The van der Waals surface area contributed by atoms with Gasteiger partial charge in [-0.05, 0) is 55.0 Å². The first-order valence-corrected chi connectivity index (χ1v) is 10.4. The van der Waals surface area contributed by atoms with E-state index in [1.165, 1.54) is 11.1 Å². The van der Waals surface area contributed by atoms with Gasteiger partial charge in [0, 0.05) is 39.3 Å². The standard InChI is InChI=1S/C24H34N4O.HI/c1-5-19-10-12-20(13-11-19)14-16-26-24(25-6-2)27-17-15-21-8-7-9-22(18-21)23(29)28(3)4;/h7-13,18H,5-6,14-17H2,1-4H3,(H2,25,26,27);1H. The molecule has 0 unspecified atom stereocenters. The molecule has 0 heterocycles. The maximum Gasteiger partial charge on any atom is 0.253 e. The Morgan fingerprint density at radius 3 is 2.27 bits per heavy atom. The van der Waals surface area contributed by atoms with E-state index in [0.29, 0.717) is 0 Å². The summed E-state index contributed by atoms with van der Waals surface area (Å²) in [4.78, 5) is 18.4. The molecular formula is C24H35IN4O. The van der Waals surface area contributed by atoms with Crippen LogP contribution in [-0.2, 0) is 19.3 Å². The summed E-state index contributed by atoms with van der Waals surface area (Å²) < 4.78 is 0. The lowest BCUT2D eigenvalue weighted by Crippen LogP contribution is -2.38. The van der Waals surface area contributed by atoms with Crippen molar-refractivity contribution in [3.8, 4) is 0 Å². The van der Waals surface area contributed by atoms with Crippen LogP contribution in [0.3, 0.4) is 0 Å². The smallest absolute Gasteiger partial charge is 0.253 e. The van der Waals surface area contributed by atoms with Crippen LogP contribution < -0.4 is 10.6 Å². The number of aliphatic imine (C=N–C) groups is 1. The van der Waals surface area contributed by atoms with E-state index in [1.54, 1.807) is 19.0 Å². The van der Waals surface area contributed by atoms with E-state index < -0.39 is 0 Å². The Bertz CT molecular complexity index is 803. The van der Waals surface area contributed by atoms with Crippen molar-refractivity contribution in [2.24, 2.45) is 4.99 Å². The molecule has 30 heavy (non-hydrogen) atoms. The number of guanidine groups is 1. The van der Waals surface area contributed by atoms with Crippen molar-refractivity contribution in [2.45, 2.75) is 33.1 Å². The number of nitrogens with one attached hydrogen (secondary N) is 2. The fourth-order valence-electron chi connectivity index (χ4n) is 3.02. The van der Waals surface area contributed by atoms with Crippen LogP contribution in [0.4, 0.5) is 0 Å². The van der Waals surface area contributed by atoms with Crippen molar-refractivity contribution in [1.29, 1.82) is 0 Å². The third kappa shape index (κ3) is 8.73. The topological polar surface area (TPSA) is 56.7 Å². The molecule has 2 aromatic carbocycles. The van der Waals surface area contributed by atoms with Gasteiger partial charge in [0.1, 0.15) is 0 Å². The van der Waals surface area contributed by atoms with Crippen LogP contribution in [0.1, 0.15) is 40.9 Å². The molecule has 0 fully saturated rings. The van der Waals surface area contributed by atoms with Crippen molar-refractivity contribution < 1.29 is 4.79 Å². The van der Waals surface area contributed by atoms with Gasteiger partial charge in [-0.1, -0.05) is 43.3 Å². The lowest BCUT2D eigenvalue weighted by atomic mass is 10.1. The Morgan fingerprint density at radius 1 is 0.933 bits per heavy atom. The Kier molecular flexibility index (Phi) is 12.1. The summed E-state index contributed by atoms with van der Waals surface area (Å²) >= 11 is 0. The van der Waals surface area contributed by atoms with Crippen molar-refractivity contribution in [1.82, 2.24) is 15.5 Å². The molecule has 6 heteroatoms. The van der Waals surface area contributed by atoms with Crippen LogP contribution in [0.25, 0.3) is 0 Å². The van der Waals surface area contributed by atoms with Gasteiger partial charge < -0.3 is 15.5 Å². The molecule has 1 amide bonds. The maximum absolute atomic E-state index is 12.1. The third-order valence-corrected chi connectivity index (χ3v) is 4.73. The van der Waals surface area contributed by atoms with Gasteiger partial charge >= 0.3 is 0 Å². The summed E-state index contributed by atoms with van der Waals surface area (Å²) in [6, 6.07) is 16.6. The first-order chi connectivity index (χ1) is 14.0. The molecule has 2 aromatic rings. The van der Waals surface area contributed by atoms with Gasteiger partial charge in [-0.25, -0.2) is 0 Å². The minimum Gasteiger partial charge on any atom is -0.357 e. The zero-order valence-electron chi connectivity index (χ0n) is 18.6. The van der Waals surface area contributed by atoms with E-state index in [4.69, 9.17) is 0 Å². The average molecular weight is 522 g/mol. The van der Waals surface area contributed by atoms with E-state index in [0.717, 1.165) is 56.0 Å². The van der Waals surface area contributed by atoms with Gasteiger partial charge in [-0.3, -0.25) is 9.79 Å². The van der Waals surface area contributed by atoms with Crippen molar-refractivity contribution in [3.05, 3.63) is 70.8 Å². The van der Waals surface area contributed by atoms with Gasteiger partial charge in [-0.2, -0.15) is 0 Å². The van der Waals surface area contributed by atoms with Gasteiger partial charge in [0.25, 0.3) is 5.91 Å². The van der Waals surface area contributed by atoms with Crippen LogP contribution in [0.5, 0.6) is 0 Å². The van der Waals surface area contributed by atoms with E-state index in [2.05, 4.69) is 59.8 Å². The maximum atomic E-state index is 12.1. The number of hydrogen-bond acceptors (Lipinski definition) is 2. The first-order valence-electron chi connectivity index (χ1n) is 10.4. The molecule has 2 N–H and O–H groups in total. The molecular weight excluding hydrogens is 487 g/mol. The molecule has 5 nitrogen and oxygen atoms in total. The van der Waals surface area contributed by atoms with E-state index in [1.807, 2.05) is 18.2 Å². The third-order valence-electron chi connectivity index (χ3n) is 4.73. The van der Waals surface area contributed by atoms with Gasteiger partial charge in [0.05, 0.1) is 0 Å². The van der Waals surface area contributed by atoms with Crippen LogP contribution in [0.2, 0.25) is 0 Å². The van der Waals surface area contributed by atoms with Gasteiger partial charge in [-0.15, -0.1) is 24.0 Å². The largest absolute Gasteiger partial charge is 0.357 e. The molecule has 0 aliphatic heterocycles. The Balaban J connectivity index is 0.00000450. The van der Waals surface area contributed by atoms with Crippen molar-refractivity contribution in [2.75, 3.05) is 33.7 Å². The highest BCUT2D eigenvalue weighted by Gasteiger charge is 2.08. The van der Waals surface area contributed by atoms with Gasteiger partial charge in [0.15, 0.2) is 5.96 Å². The molecule has 0 aromatic heterocycles. The highest BCUT2D eigenvalue weighted by molar-refractivity contribution is 14.0. The number of hydrogen-bond donors (Lipinski definition) is 2. The summed E-state index contributed by atoms with van der Waals surface area (Å²) in [5, 5.41) is 6.68. The quantitative estimate of drug-likeness (QED) is 0.299. The molecule has 0 spiro atoms. The number of amides is 1. The average Bonchev–Trinajstić information content (AvgIpc) is 2.74. The molecule has 0 atom stereocenters. The monoisotopic (exact) mass is 522 g/mol. The van der Waals surface area contributed by atoms with Crippen LogP contribution in [-0.4, -0.2) is 50.5 Å². The lowest BCUT2D eigenvalue weighted by molar-refractivity contribution is 0.0827. The summed E-state index contributed by atoms with van der Waals surface area (Å²) in [5.74, 6) is 0.861. The molecule has 0 bridgehead atoms. The summed E-state index contributed by atoms with van der Waals surface area (Å²) in [6.45, 7) is 6.56. The second-order valence-corrected chi connectivity index (χ2v) is 7.26.